The number of amides is 2. The molecular formula is C24H27ClFN3O3. The van der Waals surface area contributed by atoms with Crippen LogP contribution in [0.25, 0.3) is 6.08 Å². The van der Waals surface area contributed by atoms with E-state index in [1.54, 1.807) is 36.4 Å². The molecule has 0 unspecified atom stereocenters. The molecule has 0 N–H and O–H groups in total. The van der Waals surface area contributed by atoms with E-state index >= 15 is 0 Å². The Labute approximate surface area is 192 Å². The van der Waals surface area contributed by atoms with Gasteiger partial charge in [-0.05, 0) is 48.4 Å². The highest BCUT2D eigenvalue weighted by Gasteiger charge is 2.26. The summed E-state index contributed by atoms with van der Waals surface area (Å²) in [5.74, 6) is -0.721. The number of carbonyl (C=O) groups is 2. The lowest BCUT2D eigenvalue weighted by Gasteiger charge is -2.39. The Balaban J connectivity index is 1.65. The van der Waals surface area contributed by atoms with E-state index in [9.17, 15) is 14.0 Å². The van der Waals surface area contributed by atoms with Gasteiger partial charge >= 0.3 is 0 Å². The SMILES string of the molecule is CON(C)C(=O)c1cc(Cl)ccc1/C=C/C(=O)N1CCN(Cc2ccc(F)cc2)C[C@H]1C. The first-order valence-electron chi connectivity index (χ1n) is 10.4. The van der Waals surface area contributed by atoms with Gasteiger partial charge in [0.15, 0.2) is 0 Å². The molecule has 6 nitrogen and oxygen atoms in total. The van der Waals surface area contributed by atoms with Gasteiger partial charge in [0.2, 0.25) is 5.91 Å². The summed E-state index contributed by atoms with van der Waals surface area (Å²) in [4.78, 5) is 34.4. The first kappa shape index (κ1) is 23.9. The minimum atomic E-state index is -0.357. The maximum Gasteiger partial charge on any atom is 0.277 e. The van der Waals surface area contributed by atoms with Gasteiger partial charge in [-0.2, -0.15) is 0 Å². The zero-order valence-electron chi connectivity index (χ0n) is 18.4. The Kier molecular flexibility index (Phi) is 8.01. The average molecular weight is 460 g/mol. The number of halogens is 2. The molecule has 0 aliphatic carbocycles. The minimum absolute atomic E-state index is 0.0206. The Bertz CT molecular complexity index is 996. The molecule has 1 atom stereocenters. The highest BCUT2D eigenvalue weighted by molar-refractivity contribution is 6.31. The van der Waals surface area contributed by atoms with Crippen LogP contribution in [0.15, 0.2) is 48.5 Å². The summed E-state index contributed by atoms with van der Waals surface area (Å²) in [6.07, 6.45) is 3.12. The summed E-state index contributed by atoms with van der Waals surface area (Å²) >= 11 is 6.06. The Morgan fingerprint density at radius 1 is 1.22 bits per heavy atom. The van der Waals surface area contributed by atoms with Gasteiger partial charge in [-0.15, -0.1) is 0 Å². The van der Waals surface area contributed by atoms with Crippen molar-refractivity contribution in [2.24, 2.45) is 0 Å². The maximum absolute atomic E-state index is 13.1. The molecule has 1 aliphatic heterocycles. The van der Waals surface area contributed by atoms with E-state index in [0.717, 1.165) is 23.7 Å². The highest BCUT2D eigenvalue weighted by Crippen LogP contribution is 2.20. The van der Waals surface area contributed by atoms with E-state index < -0.39 is 0 Å². The molecule has 1 saturated heterocycles. The molecule has 32 heavy (non-hydrogen) atoms. The van der Waals surface area contributed by atoms with Crippen LogP contribution in [0, 0.1) is 5.82 Å². The largest absolute Gasteiger partial charge is 0.334 e. The van der Waals surface area contributed by atoms with E-state index in [1.165, 1.54) is 32.4 Å². The number of hydrogen-bond donors (Lipinski definition) is 0. The van der Waals surface area contributed by atoms with Crippen molar-refractivity contribution < 1.29 is 18.8 Å². The van der Waals surface area contributed by atoms with E-state index in [1.807, 2.05) is 11.8 Å². The van der Waals surface area contributed by atoms with Crippen LogP contribution < -0.4 is 0 Å². The minimum Gasteiger partial charge on any atom is -0.334 e. The van der Waals surface area contributed by atoms with Crippen molar-refractivity contribution in [3.8, 4) is 0 Å². The number of benzene rings is 2. The number of nitrogens with zero attached hydrogens (tertiary/aromatic N) is 3. The number of piperazine rings is 1. The van der Waals surface area contributed by atoms with Crippen LogP contribution in [0.2, 0.25) is 5.02 Å². The molecule has 0 saturated carbocycles. The number of carbonyl (C=O) groups excluding carboxylic acids is 2. The van der Waals surface area contributed by atoms with Crippen LogP contribution in [-0.4, -0.2) is 66.5 Å². The second-order valence-electron chi connectivity index (χ2n) is 7.79. The fourth-order valence-corrected chi connectivity index (χ4v) is 3.89. The van der Waals surface area contributed by atoms with Gasteiger partial charge in [0, 0.05) is 50.4 Å². The third-order valence-electron chi connectivity index (χ3n) is 5.53. The van der Waals surface area contributed by atoms with Crippen molar-refractivity contribution in [1.29, 1.82) is 0 Å². The molecular weight excluding hydrogens is 433 g/mol. The first-order chi connectivity index (χ1) is 15.3. The molecule has 2 aromatic carbocycles. The number of rotatable bonds is 6. The fraction of sp³-hybridized carbons (Fsp3) is 0.333. The van der Waals surface area contributed by atoms with Gasteiger partial charge in [-0.25, -0.2) is 9.45 Å². The molecule has 1 aliphatic rings. The molecule has 0 bridgehead atoms. The zero-order valence-corrected chi connectivity index (χ0v) is 19.2. The van der Waals surface area contributed by atoms with Crippen LogP contribution in [0.1, 0.15) is 28.4 Å². The third kappa shape index (κ3) is 5.94. The summed E-state index contributed by atoms with van der Waals surface area (Å²) in [6, 6.07) is 11.4. The molecule has 8 heteroatoms. The fourth-order valence-electron chi connectivity index (χ4n) is 3.72. The van der Waals surface area contributed by atoms with E-state index in [4.69, 9.17) is 16.4 Å². The zero-order chi connectivity index (χ0) is 23.3. The van der Waals surface area contributed by atoms with Crippen LogP contribution in [0.4, 0.5) is 4.39 Å². The van der Waals surface area contributed by atoms with Crippen molar-refractivity contribution in [1.82, 2.24) is 14.9 Å². The molecule has 1 heterocycles. The quantitative estimate of drug-likeness (QED) is 0.486. The second kappa shape index (κ2) is 10.7. The third-order valence-corrected chi connectivity index (χ3v) is 5.76. The van der Waals surface area contributed by atoms with Gasteiger partial charge in [0.1, 0.15) is 5.82 Å². The molecule has 0 spiro atoms. The number of hydroxylamine groups is 2. The van der Waals surface area contributed by atoms with Crippen LogP contribution in [-0.2, 0) is 16.2 Å². The predicted octanol–water partition coefficient (Wildman–Crippen LogP) is 3.86. The summed E-state index contributed by atoms with van der Waals surface area (Å²) in [6.45, 7) is 4.76. The lowest BCUT2D eigenvalue weighted by molar-refractivity contribution is -0.130. The summed E-state index contributed by atoms with van der Waals surface area (Å²) in [5, 5.41) is 1.53. The first-order valence-corrected chi connectivity index (χ1v) is 10.7. The van der Waals surface area contributed by atoms with Crippen LogP contribution in [0.3, 0.4) is 0 Å². The molecule has 0 radical (unpaired) electrons. The van der Waals surface area contributed by atoms with Crippen molar-refractivity contribution in [2.45, 2.75) is 19.5 Å². The summed E-state index contributed by atoms with van der Waals surface area (Å²) < 4.78 is 13.1. The molecule has 170 valence electrons. The average Bonchev–Trinajstić information content (AvgIpc) is 2.78. The lowest BCUT2D eigenvalue weighted by atomic mass is 10.1. The summed E-state index contributed by atoms with van der Waals surface area (Å²) in [5.41, 5.74) is 1.97. The van der Waals surface area contributed by atoms with E-state index in [2.05, 4.69) is 4.90 Å². The molecule has 0 aromatic heterocycles. The van der Waals surface area contributed by atoms with Crippen LogP contribution >= 0.6 is 11.6 Å². The second-order valence-corrected chi connectivity index (χ2v) is 8.23. The van der Waals surface area contributed by atoms with Gasteiger partial charge in [-0.1, -0.05) is 29.8 Å². The predicted molar refractivity (Wildman–Crippen MR) is 122 cm³/mol. The van der Waals surface area contributed by atoms with Gasteiger partial charge < -0.3 is 4.90 Å². The van der Waals surface area contributed by atoms with E-state index in [-0.39, 0.29) is 23.7 Å². The molecule has 2 amide bonds. The standard InChI is InChI=1S/C24H27ClFN3O3/c1-17-15-28(16-18-4-9-21(26)10-5-18)12-13-29(17)23(30)11-7-19-6-8-20(25)14-22(19)24(31)27(2)32-3/h4-11,14,17H,12-13,15-16H2,1-3H3/b11-7+/t17-/m1/s1. The number of hydrogen-bond acceptors (Lipinski definition) is 4. The Morgan fingerprint density at radius 2 is 1.94 bits per heavy atom. The van der Waals surface area contributed by atoms with Crippen molar-refractivity contribution in [3.05, 3.63) is 76.1 Å². The Morgan fingerprint density at radius 3 is 2.59 bits per heavy atom. The molecule has 2 aromatic rings. The topological polar surface area (TPSA) is 53.1 Å². The monoisotopic (exact) mass is 459 g/mol. The summed E-state index contributed by atoms with van der Waals surface area (Å²) in [7, 11) is 2.91. The smallest absolute Gasteiger partial charge is 0.277 e. The lowest BCUT2D eigenvalue weighted by Crippen LogP contribution is -2.53. The Hall–Kier alpha value is -2.74. The normalized spacial score (nSPS) is 17.0. The molecule has 3 rings (SSSR count). The van der Waals surface area contributed by atoms with Gasteiger partial charge in [0.05, 0.1) is 12.7 Å². The highest BCUT2D eigenvalue weighted by atomic mass is 35.5. The van der Waals surface area contributed by atoms with Crippen molar-refractivity contribution in [3.63, 3.8) is 0 Å². The van der Waals surface area contributed by atoms with Gasteiger partial charge in [0.25, 0.3) is 5.91 Å². The van der Waals surface area contributed by atoms with Gasteiger partial charge in [-0.3, -0.25) is 19.3 Å². The van der Waals surface area contributed by atoms with Crippen LogP contribution in [0.5, 0.6) is 0 Å². The van der Waals surface area contributed by atoms with Crippen molar-refractivity contribution in [2.75, 3.05) is 33.8 Å². The van der Waals surface area contributed by atoms with Crippen molar-refractivity contribution >= 4 is 29.5 Å². The maximum atomic E-state index is 13.1. The van der Waals surface area contributed by atoms with E-state index in [0.29, 0.717) is 29.2 Å². The molecule has 1 fully saturated rings.